The molecular weight excluding hydrogens is 244 g/mol. The van der Waals surface area contributed by atoms with Crippen LogP contribution < -0.4 is 10.6 Å². The molecule has 2 amide bonds. The number of hydrogen-bond acceptors (Lipinski definition) is 3. The number of aliphatic hydroxyl groups is 1. The Balaban J connectivity index is 2.79. The number of nitrogens with one attached hydrogen (secondary N) is 2. The Morgan fingerprint density at radius 3 is 2.42 bits per heavy atom. The standard InChI is InChI=1S/C14H20N2O3/c1-3-12(7-8-17)16-14(19)11-6-4-5-10(9-11)13(18)15-2/h4-6,9,12,17H,3,7-8H2,1-2H3,(H,15,18)(H,16,19). The fourth-order valence-corrected chi connectivity index (χ4v) is 1.75. The van der Waals surface area contributed by atoms with E-state index in [1.807, 2.05) is 6.92 Å². The molecule has 0 saturated carbocycles. The highest BCUT2D eigenvalue weighted by atomic mass is 16.3. The van der Waals surface area contributed by atoms with E-state index < -0.39 is 0 Å². The Hall–Kier alpha value is -1.88. The van der Waals surface area contributed by atoms with Crippen molar-refractivity contribution in [2.45, 2.75) is 25.8 Å². The van der Waals surface area contributed by atoms with Crippen molar-refractivity contribution in [1.82, 2.24) is 10.6 Å². The summed E-state index contributed by atoms with van der Waals surface area (Å²) in [4.78, 5) is 23.5. The molecule has 0 aromatic heterocycles. The molecule has 0 radical (unpaired) electrons. The van der Waals surface area contributed by atoms with Crippen molar-refractivity contribution in [3.05, 3.63) is 35.4 Å². The molecule has 0 fully saturated rings. The van der Waals surface area contributed by atoms with E-state index in [0.29, 0.717) is 17.5 Å². The van der Waals surface area contributed by atoms with E-state index in [2.05, 4.69) is 10.6 Å². The van der Waals surface area contributed by atoms with Gasteiger partial charge in [0.1, 0.15) is 0 Å². The molecule has 19 heavy (non-hydrogen) atoms. The van der Waals surface area contributed by atoms with Gasteiger partial charge in [0.15, 0.2) is 0 Å². The monoisotopic (exact) mass is 264 g/mol. The van der Waals surface area contributed by atoms with Crippen molar-refractivity contribution < 1.29 is 14.7 Å². The molecule has 1 aromatic carbocycles. The zero-order valence-corrected chi connectivity index (χ0v) is 11.3. The van der Waals surface area contributed by atoms with E-state index in [-0.39, 0.29) is 24.5 Å². The summed E-state index contributed by atoms with van der Waals surface area (Å²) in [5.74, 6) is -0.455. The Labute approximate surface area is 113 Å². The van der Waals surface area contributed by atoms with Crippen LogP contribution in [0.4, 0.5) is 0 Å². The van der Waals surface area contributed by atoms with Gasteiger partial charge < -0.3 is 15.7 Å². The van der Waals surface area contributed by atoms with E-state index in [4.69, 9.17) is 5.11 Å². The van der Waals surface area contributed by atoms with Crippen LogP contribution in [-0.2, 0) is 0 Å². The minimum atomic E-state index is -0.231. The molecule has 5 nitrogen and oxygen atoms in total. The molecule has 0 heterocycles. The van der Waals surface area contributed by atoms with Gasteiger partial charge in [0.25, 0.3) is 11.8 Å². The Kier molecular flexibility index (Phi) is 6.02. The first-order valence-corrected chi connectivity index (χ1v) is 6.36. The van der Waals surface area contributed by atoms with Gasteiger partial charge in [-0.1, -0.05) is 13.0 Å². The Bertz CT molecular complexity index is 446. The van der Waals surface area contributed by atoms with Crippen LogP contribution in [0.2, 0.25) is 0 Å². The summed E-state index contributed by atoms with van der Waals surface area (Å²) in [6.07, 6.45) is 1.28. The maximum Gasteiger partial charge on any atom is 0.251 e. The molecule has 1 unspecified atom stereocenters. The zero-order chi connectivity index (χ0) is 14.3. The molecule has 5 heteroatoms. The third kappa shape index (κ3) is 4.37. The maximum atomic E-state index is 12.0. The number of amides is 2. The lowest BCUT2D eigenvalue weighted by Crippen LogP contribution is -2.35. The van der Waals surface area contributed by atoms with Crippen molar-refractivity contribution in [2.24, 2.45) is 0 Å². The lowest BCUT2D eigenvalue weighted by Gasteiger charge is -2.15. The average molecular weight is 264 g/mol. The van der Waals surface area contributed by atoms with Crippen molar-refractivity contribution in [1.29, 1.82) is 0 Å². The number of carbonyl (C=O) groups excluding carboxylic acids is 2. The normalized spacial score (nSPS) is 11.7. The summed E-state index contributed by atoms with van der Waals surface area (Å²) in [7, 11) is 1.55. The largest absolute Gasteiger partial charge is 0.396 e. The minimum absolute atomic E-state index is 0.0388. The van der Waals surface area contributed by atoms with Gasteiger partial charge in [-0.15, -0.1) is 0 Å². The summed E-state index contributed by atoms with van der Waals surface area (Å²) in [5, 5.41) is 14.2. The summed E-state index contributed by atoms with van der Waals surface area (Å²) in [5.41, 5.74) is 0.892. The number of aliphatic hydroxyl groups excluding tert-OH is 1. The van der Waals surface area contributed by atoms with Crippen molar-refractivity contribution >= 4 is 11.8 Å². The lowest BCUT2D eigenvalue weighted by atomic mass is 10.1. The number of benzene rings is 1. The van der Waals surface area contributed by atoms with Crippen LogP contribution in [0.15, 0.2) is 24.3 Å². The van der Waals surface area contributed by atoms with Gasteiger partial charge in [0, 0.05) is 30.8 Å². The summed E-state index contributed by atoms with van der Waals surface area (Å²) in [6, 6.07) is 6.49. The van der Waals surface area contributed by atoms with Gasteiger partial charge in [-0.2, -0.15) is 0 Å². The van der Waals surface area contributed by atoms with E-state index >= 15 is 0 Å². The van der Waals surface area contributed by atoms with Crippen LogP contribution in [-0.4, -0.2) is 36.6 Å². The molecule has 0 aliphatic heterocycles. The van der Waals surface area contributed by atoms with Crippen LogP contribution in [0.3, 0.4) is 0 Å². The number of hydrogen-bond donors (Lipinski definition) is 3. The molecular formula is C14H20N2O3. The van der Waals surface area contributed by atoms with E-state index in [9.17, 15) is 9.59 Å². The van der Waals surface area contributed by atoms with Gasteiger partial charge in [-0.05, 0) is 31.0 Å². The minimum Gasteiger partial charge on any atom is -0.396 e. The van der Waals surface area contributed by atoms with E-state index in [1.54, 1.807) is 31.3 Å². The third-order valence-corrected chi connectivity index (χ3v) is 2.92. The van der Waals surface area contributed by atoms with Crippen molar-refractivity contribution in [2.75, 3.05) is 13.7 Å². The van der Waals surface area contributed by atoms with Crippen LogP contribution >= 0.6 is 0 Å². The molecule has 1 aromatic rings. The SMILES string of the molecule is CCC(CCO)NC(=O)c1cccc(C(=O)NC)c1. The van der Waals surface area contributed by atoms with Gasteiger partial charge in [-0.3, -0.25) is 9.59 Å². The van der Waals surface area contributed by atoms with Gasteiger partial charge in [0.05, 0.1) is 0 Å². The molecule has 1 atom stereocenters. The third-order valence-electron chi connectivity index (χ3n) is 2.92. The molecule has 104 valence electrons. The van der Waals surface area contributed by atoms with E-state index in [1.165, 1.54) is 0 Å². The molecule has 0 aliphatic carbocycles. The molecule has 0 aliphatic rings. The second-order valence-corrected chi connectivity index (χ2v) is 4.25. The summed E-state index contributed by atoms with van der Waals surface area (Å²) >= 11 is 0. The quantitative estimate of drug-likeness (QED) is 0.715. The predicted molar refractivity (Wildman–Crippen MR) is 73.1 cm³/mol. The first-order valence-electron chi connectivity index (χ1n) is 6.36. The second-order valence-electron chi connectivity index (χ2n) is 4.25. The van der Waals surface area contributed by atoms with Crippen molar-refractivity contribution in [3.63, 3.8) is 0 Å². The molecule has 0 spiro atoms. The second kappa shape index (κ2) is 7.53. The van der Waals surface area contributed by atoms with E-state index in [0.717, 1.165) is 6.42 Å². The smallest absolute Gasteiger partial charge is 0.251 e. The molecule has 0 saturated heterocycles. The van der Waals surface area contributed by atoms with Crippen molar-refractivity contribution in [3.8, 4) is 0 Å². The Morgan fingerprint density at radius 1 is 1.26 bits per heavy atom. The van der Waals surface area contributed by atoms with Crippen LogP contribution in [0.1, 0.15) is 40.5 Å². The highest BCUT2D eigenvalue weighted by molar-refractivity contribution is 5.99. The lowest BCUT2D eigenvalue weighted by molar-refractivity contribution is 0.0929. The predicted octanol–water partition coefficient (Wildman–Crippen LogP) is 0.937. The maximum absolute atomic E-state index is 12.0. The summed E-state index contributed by atoms with van der Waals surface area (Å²) < 4.78 is 0. The topological polar surface area (TPSA) is 78.4 Å². The molecule has 3 N–H and O–H groups in total. The van der Waals surface area contributed by atoms with Gasteiger partial charge >= 0.3 is 0 Å². The first-order chi connectivity index (χ1) is 9.12. The van der Waals surface area contributed by atoms with Gasteiger partial charge in [-0.25, -0.2) is 0 Å². The fourth-order valence-electron chi connectivity index (χ4n) is 1.75. The number of rotatable bonds is 6. The summed E-state index contributed by atoms with van der Waals surface area (Å²) in [6.45, 7) is 1.98. The highest BCUT2D eigenvalue weighted by Gasteiger charge is 2.13. The van der Waals surface area contributed by atoms with Gasteiger partial charge in [0.2, 0.25) is 0 Å². The average Bonchev–Trinajstić information content (AvgIpc) is 2.45. The highest BCUT2D eigenvalue weighted by Crippen LogP contribution is 2.07. The van der Waals surface area contributed by atoms with Crippen LogP contribution in [0.25, 0.3) is 0 Å². The Morgan fingerprint density at radius 2 is 1.89 bits per heavy atom. The fraction of sp³-hybridized carbons (Fsp3) is 0.429. The molecule has 1 rings (SSSR count). The number of carbonyl (C=O) groups is 2. The zero-order valence-electron chi connectivity index (χ0n) is 11.3. The van der Waals surface area contributed by atoms with Crippen LogP contribution in [0, 0.1) is 0 Å². The molecule has 0 bridgehead atoms. The first kappa shape index (κ1) is 15.2. The van der Waals surface area contributed by atoms with Crippen LogP contribution in [0.5, 0.6) is 0 Å².